The summed E-state index contributed by atoms with van der Waals surface area (Å²) in [5.41, 5.74) is 7.35. The largest absolute Gasteiger partial charge is 0.490 e. The van der Waals surface area contributed by atoms with Crippen molar-refractivity contribution in [2.24, 2.45) is 5.92 Å². The molecule has 1 nitrogen and oxygen atoms in total. The summed E-state index contributed by atoms with van der Waals surface area (Å²) in [5, 5.41) is 0. The highest BCUT2D eigenvalue weighted by Crippen LogP contribution is 2.43. The second-order valence-electron chi connectivity index (χ2n) is 5.36. The molecule has 0 amide bonds. The number of hydrogen-bond donors (Lipinski definition) is 0. The minimum Gasteiger partial charge on any atom is -0.490 e. The smallest absolute Gasteiger partial charge is 0.130 e. The van der Waals surface area contributed by atoms with E-state index in [9.17, 15) is 0 Å². The van der Waals surface area contributed by atoms with Gasteiger partial charge in [0.1, 0.15) is 6.10 Å². The average Bonchev–Trinajstić information content (AvgIpc) is 2.49. The lowest BCUT2D eigenvalue weighted by molar-refractivity contribution is 0.153. The maximum atomic E-state index is 6.05. The van der Waals surface area contributed by atoms with E-state index in [4.69, 9.17) is 4.74 Å². The molecule has 0 aromatic carbocycles. The third-order valence-electron chi connectivity index (χ3n) is 4.40. The Kier molecular flexibility index (Phi) is 2.73. The number of ether oxygens (including phenoxy) is 1. The lowest BCUT2D eigenvalue weighted by atomic mass is 9.85. The van der Waals surface area contributed by atoms with Crippen LogP contribution in [0.5, 0.6) is 0 Å². The van der Waals surface area contributed by atoms with E-state index in [1.54, 1.807) is 0 Å². The molecule has 0 radical (unpaired) electrons. The minimum absolute atomic E-state index is 0.262. The van der Waals surface area contributed by atoms with Crippen molar-refractivity contribution in [2.75, 3.05) is 0 Å². The molecule has 0 fully saturated rings. The molecule has 0 aromatic heterocycles. The van der Waals surface area contributed by atoms with E-state index in [2.05, 4.69) is 41.5 Å². The third kappa shape index (κ3) is 1.53. The molecule has 1 heteroatoms. The molecule has 0 aromatic rings. The minimum atomic E-state index is 0.262. The number of allylic oxidation sites excluding steroid dienone is 3. The van der Waals surface area contributed by atoms with Gasteiger partial charge in [0, 0.05) is 5.92 Å². The Labute approximate surface area is 98.9 Å². The van der Waals surface area contributed by atoms with Crippen LogP contribution in [0.4, 0.5) is 0 Å². The van der Waals surface area contributed by atoms with Crippen molar-refractivity contribution in [1.82, 2.24) is 0 Å². The molecule has 0 N–H and O–H groups in total. The van der Waals surface area contributed by atoms with Crippen LogP contribution in [0.15, 0.2) is 33.6 Å². The molecule has 2 unspecified atom stereocenters. The molecular formula is C15H22O. The highest BCUT2D eigenvalue weighted by molar-refractivity contribution is 5.39. The van der Waals surface area contributed by atoms with Crippen LogP contribution in [0.3, 0.4) is 0 Å². The maximum absolute atomic E-state index is 6.05. The van der Waals surface area contributed by atoms with Crippen molar-refractivity contribution in [3.8, 4) is 0 Å². The van der Waals surface area contributed by atoms with Crippen LogP contribution in [0.2, 0.25) is 0 Å². The molecule has 2 rings (SSSR count). The highest BCUT2D eigenvalue weighted by Gasteiger charge is 2.37. The summed E-state index contributed by atoms with van der Waals surface area (Å²) in [7, 11) is 0. The van der Waals surface area contributed by atoms with Crippen LogP contribution >= 0.6 is 0 Å². The summed E-state index contributed by atoms with van der Waals surface area (Å²) in [4.78, 5) is 0. The van der Waals surface area contributed by atoms with Gasteiger partial charge in [0.05, 0.1) is 5.76 Å². The fraction of sp³-hybridized carbons (Fsp3) is 0.600. The summed E-state index contributed by atoms with van der Waals surface area (Å²) in [6.07, 6.45) is 1.37. The summed E-state index contributed by atoms with van der Waals surface area (Å²) >= 11 is 0. The zero-order valence-electron chi connectivity index (χ0n) is 11.3. The molecule has 1 aliphatic heterocycles. The van der Waals surface area contributed by atoms with Crippen molar-refractivity contribution in [3.05, 3.63) is 33.6 Å². The Morgan fingerprint density at radius 1 is 0.812 bits per heavy atom. The Morgan fingerprint density at radius 3 is 2.00 bits per heavy atom. The Morgan fingerprint density at radius 2 is 1.38 bits per heavy atom. The molecule has 1 heterocycles. The van der Waals surface area contributed by atoms with Crippen molar-refractivity contribution >= 4 is 0 Å². The zero-order valence-corrected chi connectivity index (χ0v) is 11.3. The first-order chi connectivity index (χ1) is 7.43. The molecule has 0 saturated heterocycles. The monoisotopic (exact) mass is 218 g/mol. The van der Waals surface area contributed by atoms with E-state index in [0.29, 0.717) is 5.92 Å². The van der Waals surface area contributed by atoms with Crippen LogP contribution in [0.25, 0.3) is 0 Å². The molecule has 0 bridgehead atoms. The second kappa shape index (κ2) is 3.80. The first-order valence-electron chi connectivity index (χ1n) is 6.10. The van der Waals surface area contributed by atoms with Crippen LogP contribution in [-0.4, -0.2) is 6.10 Å². The standard InChI is InChI=1S/C15H22O/c1-8-7-9(2)11(4)15-14(10(8)3)12(5)13(6)16-15/h14-15H,7H2,1-6H3. The SMILES string of the molecule is CC1=C(C)C2OC(C)=C(C)C2C(C)=C(C)C1. The number of rotatable bonds is 0. The van der Waals surface area contributed by atoms with Crippen LogP contribution in [0.1, 0.15) is 48.0 Å². The third-order valence-corrected chi connectivity index (χ3v) is 4.40. The van der Waals surface area contributed by atoms with Crippen molar-refractivity contribution in [2.45, 2.75) is 54.1 Å². The highest BCUT2D eigenvalue weighted by atomic mass is 16.5. The quantitative estimate of drug-likeness (QED) is 0.548. The molecule has 0 saturated carbocycles. The van der Waals surface area contributed by atoms with Crippen molar-refractivity contribution in [3.63, 3.8) is 0 Å². The molecule has 2 aliphatic rings. The molecule has 2 atom stereocenters. The predicted octanol–water partition coefficient (Wildman–Crippen LogP) is 4.37. The fourth-order valence-electron chi connectivity index (χ4n) is 2.87. The van der Waals surface area contributed by atoms with Gasteiger partial charge in [-0.25, -0.2) is 0 Å². The summed E-state index contributed by atoms with van der Waals surface area (Å²) in [6.45, 7) is 13.3. The fourth-order valence-corrected chi connectivity index (χ4v) is 2.87. The van der Waals surface area contributed by atoms with E-state index in [1.165, 1.54) is 27.9 Å². The van der Waals surface area contributed by atoms with Crippen molar-refractivity contribution < 1.29 is 4.74 Å². The van der Waals surface area contributed by atoms with Crippen LogP contribution in [-0.2, 0) is 4.74 Å². The van der Waals surface area contributed by atoms with Gasteiger partial charge < -0.3 is 4.74 Å². The lowest BCUT2D eigenvalue weighted by Crippen LogP contribution is -2.20. The van der Waals surface area contributed by atoms with E-state index in [0.717, 1.165) is 12.2 Å². The van der Waals surface area contributed by atoms with E-state index >= 15 is 0 Å². The Hall–Kier alpha value is -0.980. The summed E-state index contributed by atoms with van der Waals surface area (Å²) in [5.74, 6) is 1.61. The van der Waals surface area contributed by atoms with Gasteiger partial charge in [-0.1, -0.05) is 16.7 Å². The maximum Gasteiger partial charge on any atom is 0.130 e. The topological polar surface area (TPSA) is 9.23 Å². The van der Waals surface area contributed by atoms with Crippen LogP contribution < -0.4 is 0 Å². The van der Waals surface area contributed by atoms with Crippen LogP contribution in [0, 0.1) is 5.92 Å². The molecule has 1 aliphatic carbocycles. The first kappa shape index (κ1) is 11.5. The van der Waals surface area contributed by atoms with Gasteiger partial charge in [0.15, 0.2) is 0 Å². The average molecular weight is 218 g/mol. The molecule has 16 heavy (non-hydrogen) atoms. The zero-order chi connectivity index (χ0) is 12.0. The summed E-state index contributed by atoms with van der Waals surface area (Å²) < 4.78 is 6.05. The molecule has 88 valence electrons. The second-order valence-corrected chi connectivity index (χ2v) is 5.36. The van der Waals surface area contributed by atoms with E-state index < -0.39 is 0 Å². The van der Waals surface area contributed by atoms with Gasteiger partial charge in [-0.15, -0.1) is 0 Å². The number of hydrogen-bond acceptors (Lipinski definition) is 1. The lowest BCUT2D eigenvalue weighted by Gasteiger charge is -2.21. The molecule has 0 spiro atoms. The van der Waals surface area contributed by atoms with E-state index in [-0.39, 0.29) is 6.10 Å². The summed E-state index contributed by atoms with van der Waals surface area (Å²) in [6, 6.07) is 0. The van der Waals surface area contributed by atoms with Gasteiger partial charge in [0.2, 0.25) is 0 Å². The van der Waals surface area contributed by atoms with Gasteiger partial charge in [-0.2, -0.15) is 0 Å². The molecular weight excluding hydrogens is 196 g/mol. The number of fused-ring (bicyclic) bond motifs is 1. The Balaban J connectivity index is 2.54. The van der Waals surface area contributed by atoms with E-state index in [1.807, 2.05) is 0 Å². The van der Waals surface area contributed by atoms with Gasteiger partial charge in [0.25, 0.3) is 0 Å². The first-order valence-corrected chi connectivity index (χ1v) is 6.10. The predicted molar refractivity (Wildman–Crippen MR) is 68.1 cm³/mol. The normalized spacial score (nSPS) is 30.6. The van der Waals surface area contributed by atoms with Gasteiger partial charge in [-0.3, -0.25) is 0 Å². The Bertz CT molecular complexity index is 421. The van der Waals surface area contributed by atoms with Crippen molar-refractivity contribution in [1.29, 1.82) is 0 Å². The van der Waals surface area contributed by atoms with Gasteiger partial charge >= 0.3 is 0 Å². The van der Waals surface area contributed by atoms with Gasteiger partial charge in [-0.05, 0) is 59.1 Å².